The van der Waals surface area contributed by atoms with E-state index in [1.165, 1.54) is 22.3 Å². The van der Waals surface area contributed by atoms with Gasteiger partial charge >= 0.3 is 92.6 Å². The molecule has 0 aromatic heterocycles. The molecule has 0 bridgehead atoms. The van der Waals surface area contributed by atoms with Crippen LogP contribution in [0.3, 0.4) is 0 Å². The summed E-state index contributed by atoms with van der Waals surface area (Å²) in [7, 11) is 0. The molecule has 0 saturated heterocycles. The number of carbonyl (C=O) groups excluding carboxylic acids is 1. The average Bonchev–Trinajstić information content (AvgIpc) is 2.34. The van der Waals surface area contributed by atoms with E-state index in [-0.39, 0.29) is 20.4 Å². The maximum atomic E-state index is 12.0. The molecular formula is C12H18OSe. The molecule has 78 valence electrons. The van der Waals surface area contributed by atoms with Crippen LogP contribution >= 0.6 is 0 Å². The second kappa shape index (κ2) is 3.67. The Labute approximate surface area is 92.8 Å². The van der Waals surface area contributed by atoms with Crippen LogP contribution in [0.5, 0.6) is 0 Å². The Morgan fingerprint density at radius 1 is 1.07 bits per heavy atom. The maximum absolute atomic E-state index is 12.0. The van der Waals surface area contributed by atoms with Crippen molar-refractivity contribution in [1.82, 2.24) is 0 Å². The first-order valence-corrected chi connectivity index (χ1v) is 7.39. The molecule has 0 aromatic carbocycles. The first kappa shape index (κ1) is 11.7. The van der Waals surface area contributed by atoms with E-state index < -0.39 is 0 Å². The number of allylic oxidation sites excluding steroid dienone is 4. The fraction of sp³-hybridized carbons (Fsp3) is 0.583. The van der Waals surface area contributed by atoms with Crippen molar-refractivity contribution in [2.75, 3.05) is 0 Å². The SMILES string of the molecule is C[Se]C(=O)C1(C)C(C)=C(C)C(C)=C1C. The molecule has 0 N–H and O–H groups in total. The summed E-state index contributed by atoms with van der Waals surface area (Å²) in [6.07, 6.45) is 0. The molecule has 0 aliphatic heterocycles. The van der Waals surface area contributed by atoms with Crippen molar-refractivity contribution in [2.45, 2.75) is 40.4 Å². The van der Waals surface area contributed by atoms with E-state index in [4.69, 9.17) is 0 Å². The first-order chi connectivity index (χ1) is 6.37. The molecule has 0 fully saturated rings. The predicted molar refractivity (Wildman–Crippen MR) is 61.5 cm³/mol. The molecule has 1 aliphatic rings. The average molecular weight is 257 g/mol. The Balaban J connectivity index is 3.33. The van der Waals surface area contributed by atoms with E-state index in [1.807, 2.05) is 5.82 Å². The van der Waals surface area contributed by atoms with Gasteiger partial charge in [0.25, 0.3) is 0 Å². The Morgan fingerprint density at radius 3 is 1.71 bits per heavy atom. The van der Waals surface area contributed by atoms with Crippen LogP contribution in [0.25, 0.3) is 0 Å². The fourth-order valence-corrected chi connectivity index (χ4v) is 3.60. The van der Waals surface area contributed by atoms with E-state index in [0.717, 1.165) is 0 Å². The third-order valence-corrected chi connectivity index (χ3v) is 5.42. The van der Waals surface area contributed by atoms with Gasteiger partial charge in [0.2, 0.25) is 0 Å². The Hall–Kier alpha value is -0.331. The van der Waals surface area contributed by atoms with Crippen molar-refractivity contribution in [3.05, 3.63) is 22.3 Å². The van der Waals surface area contributed by atoms with Gasteiger partial charge in [0, 0.05) is 0 Å². The van der Waals surface area contributed by atoms with Crippen molar-refractivity contribution in [2.24, 2.45) is 5.41 Å². The summed E-state index contributed by atoms with van der Waals surface area (Å²) < 4.78 is 0.399. The van der Waals surface area contributed by atoms with Crippen LogP contribution in [0.1, 0.15) is 34.6 Å². The summed E-state index contributed by atoms with van der Waals surface area (Å²) in [4.78, 5) is 12.0. The van der Waals surface area contributed by atoms with Crippen molar-refractivity contribution in [3.8, 4) is 0 Å². The van der Waals surface area contributed by atoms with Crippen LogP contribution in [0, 0.1) is 5.41 Å². The predicted octanol–water partition coefficient (Wildman–Crippen LogP) is 2.96. The summed E-state index contributed by atoms with van der Waals surface area (Å²) >= 11 is 0.0855. The van der Waals surface area contributed by atoms with Crippen LogP contribution < -0.4 is 0 Å². The van der Waals surface area contributed by atoms with Crippen LogP contribution in [0.4, 0.5) is 0 Å². The second-order valence-corrected chi connectivity index (χ2v) is 5.75. The van der Waals surface area contributed by atoms with Gasteiger partial charge in [-0.1, -0.05) is 0 Å². The molecule has 0 heterocycles. The monoisotopic (exact) mass is 258 g/mol. The minimum absolute atomic E-state index is 0.0855. The van der Waals surface area contributed by atoms with Crippen molar-refractivity contribution >= 4 is 19.6 Å². The standard InChI is InChI=1S/C12H18OSe/c1-7-8(2)10(4)12(5,9(7)3)11(13)14-6/h1-6H3. The van der Waals surface area contributed by atoms with E-state index in [2.05, 4.69) is 34.6 Å². The summed E-state index contributed by atoms with van der Waals surface area (Å²) in [5.74, 6) is 2.00. The summed E-state index contributed by atoms with van der Waals surface area (Å²) in [6, 6.07) is 0. The van der Waals surface area contributed by atoms with Gasteiger partial charge in [-0.2, -0.15) is 0 Å². The number of hydrogen-bond donors (Lipinski definition) is 0. The molecule has 0 spiro atoms. The third kappa shape index (κ3) is 1.32. The van der Waals surface area contributed by atoms with Crippen LogP contribution in [0.2, 0.25) is 5.82 Å². The molecule has 1 aliphatic carbocycles. The molecule has 1 nitrogen and oxygen atoms in total. The molecular weight excluding hydrogens is 239 g/mol. The van der Waals surface area contributed by atoms with E-state index in [1.54, 1.807) is 0 Å². The third-order valence-electron chi connectivity index (χ3n) is 3.78. The van der Waals surface area contributed by atoms with Gasteiger partial charge in [-0.25, -0.2) is 0 Å². The fourth-order valence-electron chi connectivity index (χ4n) is 2.10. The van der Waals surface area contributed by atoms with Crippen molar-refractivity contribution in [1.29, 1.82) is 0 Å². The molecule has 0 radical (unpaired) electrons. The van der Waals surface area contributed by atoms with Gasteiger partial charge in [0.15, 0.2) is 0 Å². The number of carbonyl (C=O) groups is 1. The zero-order valence-electron chi connectivity index (χ0n) is 9.82. The molecule has 1 rings (SSSR count). The summed E-state index contributed by atoms with van der Waals surface area (Å²) in [5.41, 5.74) is 4.83. The van der Waals surface area contributed by atoms with Gasteiger partial charge in [0.05, 0.1) is 0 Å². The van der Waals surface area contributed by atoms with E-state index in [0.29, 0.717) is 4.68 Å². The Bertz CT molecular complexity index is 323. The summed E-state index contributed by atoms with van der Waals surface area (Å²) in [5, 5.41) is 0. The second-order valence-electron chi connectivity index (χ2n) is 4.12. The molecule has 0 unspecified atom stereocenters. The van der Waals surface area contributed by atoms with Gasteiger partial charge < -0.3 is 0 Å². The normalized spacial score (nSPS) is 20.7. The van der Waals surface area contributed by atoms with E-state index >= 15 is 0 Å². The zero-order chi connectivity index (χ0) is 11.1. The molecule has 0 amide bonds. The van der Waals surface area contributed by atoms with Crippen LogP contribution in [-0.2, 0) is 4.79 Å². The molecule has 2 heteroatoms. The molecule has 0 atom stereocenters. The van der Waals surface area contributed by atoms with Gasteiger partial charge in [-0.15, -0.1) is 0 Å². The first-order valence-electron chi connectivity index (χ1n) is 4.82. The number of rotatable bonds is 2. The van der Waals surface area contributed by atoms with Gasteiger partial charge in [0.1, 0.15) is 0 Å². The molecule has 0 aromatic rings. The van der Waals surface area contributed by atoms with E-state index in [9.17, 15) is 4.79 Å². The topological polar surface area (TPSA) is 17.1 Å². The zero-order valence-corrected chi connectivity index (χ0v) is 11.5. The van der Waals surface area contributed by atoms with Gasteiger partial charge in [-0.05, 0) is 0 Å². The summed E-state index contributed by atoms with van der Waals surface area (Å²) in [6.45, 7) is 10.5. The minimum atomic E-state index is -0.289. The van der Waals surface area contributed by atoms with Gasteiger partial charge in [-0.3, -0.25) is 0 Å². The van der Waals surface area contributed by atoms with Crippen LogP contribution in [-0.4, -0.2) is 19.6 Å². The van der Waals surface area contributed by atoms with Crippen molar-refractivity contribution < 1.29 is 4.79 Å². The van der Waals surface area contributed by atoms with Crippen molar-refractivity contribution in [3.63, 3.8) is 0 Å². The molecule has 14 heavy (non-hydrogen) atoms. The Kier molecular flexibility index (Phi) is 3.08. The van der Waals surface area contributed by atoms with Crippen LogP contribution in [0.15, 0.2) is 22.3 Å². The quantitative estimate of drug-likeness (QED) is 0.695. The molecule has 0 saturated carbocycles. The Morgan fingerprint density at radius 2 is 1.43 bits per heavy atom. The number of hydrogen-bond acceptors (Lipinski definition) is 1.